The molecule has 0 unspecified atom stereocenters. The van der Waals surface area contributed by atoms with Crippen LogP contribution in [0.3, 0.4) is 0 Å². The summed E-state index contributed by atoms with van der Waals surface area (Å²) in [4.78, 5) is 65.7. The van der Waals surface area contributed by atoms with Crippen molar-refractivity contribution in [3.63, 3.8) is 0 Å². The summed E-state index contributed by atoms with van der Waals surface area (Å²) >= 11 is 0.948. The third-order valence-corrected chi connectivity index (χ3v) is 6.82. The summed E-state index contributed by atoms with van der Waals surface area (Å²) < 4.78 is 10.2. The lowest BCUT2D eigenvalue weighted by atomic mass is 10.1. The van der Waals surface area contributed by atoms with Crippen LogP contribution in [-0.2, 0) is 23.9 Å². The third-order valence-electron chi connectivity index (χ3n) is 5.63. The Morgan fingerprint density at radius 1 is 1.11 bits per heavy atom. The molecule has 1 aromatic carbocycles. The van der Waals surface area contributed by atoms with E-state index in [1.54, 1.807) is 27.9 Å². The molecule has 0 saturated carbocycles. The zero-order chi connectivity index (χ0) is 26.6. The van der Waals surface area contributed by atoms with Gasteiger partial charge in [0.15, 0.2) is 6.61 Å². The molecule has 1 aliphatic rings. The first-order valence-corrected chi connectivity index (χ1v) is 12.2. The Morgan fingerprint density at radius 2 is 1.78 bits per heavy atom. The highest BCUT2D eigenvalue weighted by Crippen LogP contribution is 2.34. The monoisotopic (exact) mass is 515 g/mol. The molecular formula is C25H29N3O7S. The molecule has 0 bridgehead atoms. The van der Waals surface area contributed by atoms with Gasteiger partial charge in [-0.15, -0.1) is 11.3 Å². The minimum absolute atomic E-state index is 0.0124. The number of benzene rings is 1. The molecule has 3 rings (SSSR count). The second-order valence-electron chi connectivity index (χ2n) is 8.58. The molecule has 1 N–H and O–H groups in total. The van der Waals surface area contributed by atoms with Crippen LogP contribution >= 0.6 is 11.3 Å². The fourth-order valence-electron chi connectivity index (χ4n) is 3.71. The maximum Gasteiger partial charge on any atom is 0.341 e. The predicted octanol–water partition coefficient (Wildman–Crippen LogP) is 2.78. The number of rotatable bonds is 8. The normalized spacial score (nSPS) is 15.0. The van der Waals surface area contributed by atoms with Crippen LogP contribution in [0, 0.1) is 19.8 Å². The summed E-state index contributed by atoms with van der Waals surface area (Å²) in [5.41, 5.74) is 2.23. The van der Waals surface area contributed by atoms with E-state index in [1.165, 1.54) is 9.80 Å². The molecule has 36 heavy (non-hydrogen) atoms. The number of hydrogen-bond acceptors (Lipinski definition) is 8. The van der Waals surface area contributed by atoms with Crippen molar-refractivity contribution < 1.29 is 33.4 Å². The average molecular weight is 516 g/mol. The van der Waals surface area contributed by atoms with E-state index in [0.29, 0.717) is 11.3 Å². The van der Waals surface area contributed by atoms with Gasteiger partial charge in [-0.2, -0.15) is 0 Å². The van der Waals surface area contributed by atoms with Gasteiger partial charge in [-0.3, -0.25) is 19.2 Å². The van der Waals surface area contributed by atoms with Gasteiger partial charge in [0.25, 0.3) is 11.8 Å². The van der Waals surface area contributed by atoms with Crippen molar-refractivity contribution in [2.75, 3.05) is 44.1 Å². The summed E-state index contributed by atoms with van der Waals surface area (Å²) in [5, 5.41) is 2.69. The molecule has 0 aliphatic carbocycles. The molecule has 1 aliphatic heterocycles. The molecule has 192 valence electrons. The van der Waals surface area contributed by atoms with Gasteiger partial charge in [0.2, 0.25) is 5.91 Å². The second kappa shape index (κ2) is 11.3. The molecule has 0 spiro atoms. The molecule has 10 nitrogen and oxygen atoms in total. The zero-order valence-electron chi connectivity index (χ0n) is 20.9. The highest BCUT2D eigenvalue weighted by molar-refractivity contribution is 7.18. The standard InChI is InChI=1S/C25H29N3O7S/c1-6-34-25(33)20-15(3)21(23(31)27(4)5)36-22(20)26-18(29)13-35-24(32)16-11-19(30)28(12-16)17-9-7-14(2)8-10-17/h7-10,16H,6,11-13H2,1-5H3,(H,26,29)/t16-/m0/s1. The van der Waals surface area contributed by atoms with Gasteiger partial charge < -0.3 is 24.6 Å². The maximum atomic E-state index is 12.6. The van der Waals surface area contributed by atoms with E-state index in [4.69, 9.17) is 9.47 Å². The Bertz CT molecular complexity index is 1190. The Labute approximate surface area is 213 Å². The fraction of sp³-hybridized carbons (Fsp3) is 0.400. The Hall–Kier alpha value is -3.73. The Morgan fingerprint density at radius 3 is 2.39 bits per heavy atom. The van der Waals surface area contributed by atoms with Gasteiger partial charge in [0.1, 0.15) is 5.00 Å². The van der Waals surface area contributed by atoms with Crippen LogP contribution in [0.1, 0.15) is 44.5 Å². The fourth-order valence-corrected chi connectivity index (χ4v) is 4.95. The molecule has 2 aromatic rings. The molecular weight excluding hydrogens is 486 g/mol. The summed E-state index contributed by atoms with van der Waals surface area (Å²) in [6.07, 6.45) is -0.0124. The van der Waals surface area contributed by atoms with Crippen molar-refractivity contribution >= 4 is 51.7 Å². The number of nitrogens with zero attached hydrogens (tertiary/aromatic N) is 2. The van der Waals surface area contributed by atoms with Crippen LogP contribution < -0.4 is 10.2 Å². The molecule has 0 radical (unpaired) electrons. The number of carbonyl (C=O) groups excluding carboxylic acids is 5. The lowest BCUT2D eigenvalue weighted by Crippen LogP contribution is -2.28. The lowest BCUT2D eigenvalue weighted by Gasteiger charge is -2.16. The average Bonchev–Trinajstić information content (AvgIpc) is 3.37. The Balaban J connectivity index is 1.65. The number of amides is 3. The summed E-state index contributed by atoms with van der Waals surface area (Å²) in [5.74, 6) is -3.23. The smallest absolute Gasteiger partial charge is 0.341 e. The van der Waals surface area contributed by atoms with Crippen LogP contribution in [0.25, 0.3) is 0 Å². The minimum atomic E-state index is -0.699. The van der Waals surface area contributed by atoms with E-state index in [2.05, 4.69) is 5.32 Å². The number of carbonyl (C=O) groups is 5. The number of ether oxygens (including phenoxy) is 2. The molecule has 1 aromatic heterocycles. The molecule has 11 heteroatoms. The summed E-state index contributed by atoms with van der Waals surface area (Å²) in [6.45, 7) is 4.87. The predicted molar refractivity (Wildman–Crippen MR) is 134 cm³/mol. The van der Waals surface area contributed by atoms with Crippen LogP contribution in [0.5, 0.6) is 0 Å². The van der Waals surface area contributed by atoms with E-state index in [-0.39, 0.29) is 46.8 Å². The van der Waals surface area contributed by atoms with Gasteiger partial charge in [-0.05, 0) is 38.5 Å². The van der Waals surface area contributed by atoms with Crippen molar-refractivity contribution in [3.05, 3.63) is 45.8 Å². The Kier molecular flexibility index (Phi) is 8.46. The number of anilines is 2. The highest BCUT2D eigenvalue weighted by atomic mass is 32.1. The second-order valence-corrected chi connectivity index (χ2v) is 9.60. The number of nitrogens with one attached hydrogen (secondary N) is 1. The number of aryl methyl sites for hydroxylation is 1. The lowest BCUT2D eigenvalue weighted by molar-refractivity contribution is -0.151. The quantitative estimate of drug-likeness (QED) is 0.537. The van der Waals surface area contributed by atoms with Crippen molar-refractivity contribution in [1.29, 1.82) is 0 Å². The number of hydrogen-bond donors (Lipinski definition) is 1. The van der Waals surface area contributed by atoms with Gasteiger partial charge in [-0.25, -0.2) is 4.79 Å². The van der Waals surface area contributed by atoms with Gasteiger partial charge in [0.05, 0.1) is 23.0 Å². The van der Waals surface area contributed by atoms with Crippen LogP contribution in [0.2, 0.25) is 0 Å². The molecule has 2 heterocycles. The topological polar surface area (TPSA) is 122 Å². The number of thiophene rings is 1. The maximum absolute atomic E-state index is 12.6. The number of esters is 2. The zero-order valence-corrected chi connectivity index (χ0v) is 21.7. The van der Waals surface area contributed by atoms with E-state index >= 15 is 0 Å². The summed E-state index contributed by atoms with van der Waals surface area (Å²) in [7, 11) is 3.16. The van der Waals surface area contributed by atoms with Crippen LogP contribution in [0.4, 0.5) is 10.7 Å². The first kappa shape index (κ1) is 26.9. The van der Waals surface area contributed by atoms with E-state index in [1.807, 2.05) is 31.2 Å². The molecule has 1 saturated heterocycles. The van der Waals surface area contributed by atoms with Crippen molar-refractivity contribution in [2.24, 2.45) is 5.92 Å². The SMILES string of the molecule is CCOC(=O)c1c(NC(=O)COC(=O)[C@H]2CC(=O)N(c3ccc(C)cc3)C2)sc(C(=O)N(C)C)c1C. The molecule has 1 fully saturated rings. The van der Waals surface area contributed by atoms with Gasteiger partial charge in [-0.1, -0.05) is 17.7 Å². The first-order valence-electron chi connectivity index (χ1n) is 11.4. The van der Waals surface area contributed by atoms with Crippen molar-refractivity contribution in [3.8, 4) is 0 Å². The minimum Gasteiger partial charge on any atom is -0.462 e. The van der Waals surface area contributed by atoms with Gasteiger partial charge in [0, 0.05) is 32.7 Å². The van der Waals surface area contributed by atoms with Crippen LogP contribution in [-0.4, -0.2) is 68.4 Å². The summed E-state index contributed by atoms with van der Waals surface area (Å²) in [6, 6.07) is 7.39. The largest absolute Gasteiger partial charge is 0.462 e. The van der Waals surface area contributed by atoms with E-state index < -0.39 is 30.4 Å². The van der Waals surface area contributed by atoms with Crippen molar-refractivity contribution in [2.45, 2.75) is 27.2 Å². The highest BCUT2D eigenvalue weighted by Gasteiger charge is 2.36. The van der Waals surface area contributed by atoms with Gasteiger partial charge >= 0.3 is 11.9 Å². The molecule has 3 amide bonds. The third kappa shape index (κ3) is 5.91. The first-order chi connectivity index (χ1) is 17.0. The van der Waals surface area contributed by atoms with E-state index in [0.717, 1.165) is 16.9 Å². The van der Waals surface area contributed by atoms with Crippen molar-refractivity contribution in [1.82, 2.24) is 4.90 Å². The molecule has 1 atom stereocenters. The van der Waals surface area contributed by atoms with E-state index in [9.17, 15) is 24.0 Å². The van der Waals surface area contributed by atoms with Crippen LogP contribution in [0.15, 0.2) is 24.3 Å².